The molecule has 2 atom stereocenters. The second-order valence-corrected chi connectivity index (χ2v) is 5.25. The van der Waals surface area contributed by atoms with E-state index in [2.05, 4.69) is 56.4 Å². The van der Waals surface area contributed by atoms with E-state index in [4.69, 9.17) is 0 Å². The molecule has 1 nitrogen and oxygen atoms in total. The molecular formula is C13H19N. The lowest BCUT2D eigenvalue weighted by Crippen LogP contribution is -2.38. The van der Waals surface area contributed by atoms with Crippen molar-refractivity contribution >= 4 is 0 Å². The molecule has 1 aromatic carbocycles. The minimum atomic E-state index is 0.244. The molecule has 76 valence electrons. The van der Waals surface area contributed by atoms with Crippen LogP contribution in [0.15, 0.2) is 30.3 Å². The third kappa shape index (κ3) is 2.36. The Morgan fingerprint density at radius 2 is 1.79 bits per heavy atom. The normalized spacial score (nSPS) is 26.2. The van der Waals surface area contributed by atoms with Gasteiger partial charge >= 0.3 is 0 Å². The van der Waals surface area contributed by atoms with Crippen LogP contribution < -0.4 is 5.32 Å². The molecule has 0 bridgehead atoms. The first kappa shape index (κ1) is 9.72. The Kier molecular flexibility index (Phi) is 2.36. The van der Waals surface area contributed by atoms with E-state index >= 15 is 0 Å². The molecule has 0 heterocycles. The minimum absolute atomic E-state index is 0.244. The lowest BCUT2D eigenvalue weighted by atomic mass is 10.1. The second kappa shape index (κ2) is 3.39. The van der Waals surface area contributed by atoms with E-state index in [-0.39, 0.29) is 5.54 Å². The predicted molar refractivity (Wildman–Crippen MR) is 60.5 cm³/mol. The Balaban J connectivity index is 1.94. The van der Waals surface area contributed by atoms with Gasteiger partial charge in [0.05, 0.1) is 0 Å². The number of hydrogen-bond donors (Lipinski definition) is 1. The maximum absolute atomic E-state index is 3.64. The molecule has 2 rings (SSSR count). The summed E-state index contributed by atoms with van der Waals surface area (Å²) in [6.07, 6.45) is 1.29. The topological polar surface area (TPSA) is 12.0 Å². The average Bonchev–Trinajstić information content (AvgIpc) is 2.82. The van der Waals surface area contributed by atoms with Crippen LogP contribution in [0, 0.1) is 0 Å². The predicted octanol–water partition coefficient (Wildman–Crippen LogP) is 2.93. The van der Waals surface area contributed by atoms with Crippen molar-refractivity contribution in [2.75, 3.05) is 0 Å². The van der Waals surface area contributed by atoms with Crippen molar-refractivity contribution in [1.29, 1.82) is 0 Å². The first-order valence-electron chi connectivity index (χ1n) is 5.39. The Morgan fingerprint density at radius 1 is 1.14 bits per heavy atom. The zero-order valence-electron chi connectivity index (χ0n) is 9.25. The van der Waals surface area contributed by atoms with Crippen molar-refractivity contribution in [3.8, 4) is 0 Å². The Labute approximate surface area is 86.5 Å². The summed E-state index contributed by atoms with van der Waals surface area (Å²) >= 11 is 0. The maximum atomic E-state index is 3.64. The Hall–Kier alpha value is -0.820. The molecule has 0 amide bonds. The van der Waals surface area contributed by atoms with Gasteiger partial charge in [0.1, 0.15) is 0 Å². The van der Waals surface area contributed by atoms with Crippen LogP contribution in [0.2, 0.25) is 0 Å². The molecule has 1 heteroatoms. The third-order valence-electron chi connectivity index (χ3n) is 2.64. The minimum Gasteiger partial charge on any atom is -0.309 e. The van der Waals surface area contributed by atoms with Crippen molar-refractivity contribution in [1.82, 2.24) is 5.32 Å². The monoisotopic (exact) mass is 189 g/mol. The molecule has 0 saturated heterocycles. The average molecular weight is 189 g/mol. The summed E-state index contributed by atoms with van der Waals surface area (Å²) in [5.74, 6) is 0.746. The van der Waals surface area contributed by atoms with Crippen molar-refractivity contribution in [2.24, 2.45) is 0 Å². The first-order valence-corrected chi connectivity index (χ1v) is 5.39. The fourth-order valence-electron chi connectivity index (χ4n) is 1.98. The van der Waals surface area contributed by atoms with Crippen molar-refractivity contribution in [3.05, 3.63) is 35.9 Å². The van der Waals surface area contributed by atoms with Crippen LogP contribution >= 0.6 is 0 Å². The summed E-state index contributed by atoms with van der Waals surface area (Å²) in [7, 11) is 0. The van der Waals surface area contributed by atoms with Gasteiger partial charge in [0.15, 0.2) is 0 Å². The molecule has 14 heavy (non-hydrogen) atoms. The van der Waals surface area contributed by atoms with Crippen molar-refractivity contribution in [2.45, 2.75) is 44.7 Å². The van der Waals surface area contributed by atoms with Crippen LogP contribution in [0.3, 0.4) is 0 Å². The molecule has 0 spiro atoms. The standard InChI is InChI=1S/C13H19N/c1-13(2,3)14-12-9-11(12)10-7-5-4-6-8-10/h4-8,11-12,14H,9H2,1-3H3/t11-,12-/m1/s1. The van der Waals surface area contributed by atoms with Gasteiger partial charge in [-0.15, -0.1) is 0 Å². The highest BCUT2D eigenvalue weighted by molar-refractivity contribution is 5.27. The zero-order valence-corrected chi connectivity index (χ0v) is 9.25. The van der Waals surface area contributed by atoms with Crippen LogP contribution in [0.25, 0.3) is 0 Å². The maximum Gasteiger partial charge on any atom is 0.0148 e. The highest BCUT2D eigenvalue weighted by atomic mass is 15.0. The molecule has 1 fully saturated rings. The van der Waals surface area contributed by atoms with E-state index in [0.717, 1.165) is 5.92 Å². The van der Waals surface area contributed by atoms with Gasteiger partial charge in [-0.2, -0.15) is 0 Å². The lowest BCUT2D eigenvalue weighted by Gasteiger charge is -2.20. The van der Waals surface area contributed by atoms with Gasteiger partial charge in [-0.3, -0.25) is 0 Å². The summed E-state index contributed by atoms with van der Waals surface area (Å²) in [6, 6.07) is 11.5. The summed E-state index contributed by atoms with van der Waals surface area (Å²) in [5.41, 5.74) is 1.73. The SMILES string of the molecule is CC(C)(C)N[C@@H]1C[C@@H]1c1ccccc1. The van der Waals surface area contributed by atoms with Crippen LogP contribution in [0.5, 0.6) is 0 Å². The molecule has 0 aliphatic heterocycles. The van der Waals surface area contributed by atoms with Crippen LogP contribution in [-0.2, 0) is 0 Å². The number of hydrogen-bond acceptors (Lipinski definition) is 1. The molecule has 0 aromatic heterocycles. The van der Waals surface area contributed by atoms with Gasteiger partial charge in [-0.05, 0) is 32.8 Å². The molecule has 1 aromatic rings. The van der Waals surface area contributed by atoms with Gasteiger partial charge < -0.3 is 5.32 Å². The zero-order chi connectivity index (χ0) is 10.2. The van der Waals surface area contributed by atoms with Gasteiger partial charge in [-0.1, -0.05) is 30.3 Å². The van der Waals surface area contributed by atoms with Crippen molar-refractivity contribution in [3.63, 3.8) is 0 Å². The van der Waals surface area contributed by atoms with Crippen LogP contribution in [-0.4, -0.2) is 11.6 Å². The largest absolute Gasteiger partial charge is 0.309 e. The number of rotatable bonds is 2. The molecule has 1 saturated carbocycles. The third-order valence-corrected chi connectivity index (χ3v) is 2.64. The fraction of sp³-hybridized carbons (Fsp3) is 0.538. The molecule has 1 aliphatic rings. The number of nitrogens with one attached hydrogen (secondary N) is 1. The van der Waals surface area contributed by atoms with Crippen LogP contribution in [0.4, 0.5) is 0 Å². The molecule has 0 radical (unpaired) electrons. The number of benzene rings is 1. The van der Waals surface area contributed by atoms with E-state index in [9.17, 15) is 0 Å². The van der Waals surface area contributed by atoms with Gasteiger partial charge in [-0.25, -0.2) is 0 Å². The summed E-state index contributed by atoms with van der Waals surface area (Å²) in [5, 5.41) is 3.64. The van der Waals surface area contributed by atoms with Gasteiger partial charge in [0.2, 0.25) is 0 Å². The van der Waals surface area contributed by atoms with Crippen molar-refractivity contribution < 1.29 is 0 Å². The Bertz CT molecular complexity index is 297. The van der Waals surface area contributed by atoms with E-state index in [0.29, 0.717) is 6.04 Å². The molecular weight excluding hydrogens is 170 g/mol. The Morgan fingerprint density at radius 3 is 2.36 bits per heavy atom. The van der Waals surface area contributed by atoms with Crippen LogP contribution in [0.1, 0.15) is 38.7 Å². The van der Waals surface area contributed by atoms with E-state index in [1.165, 1.54) is 12.0 Å². The van der Waals surface area contributed by atoms with Gasteiger partial charge in [0, 0.05) is 17.5 Å². The van der Waals surface area contributed by atoms with E-state index < -0.39 is 0 Å². The fourth-order valence-corrected chi connectivity index (χ4v) is 1.98. The lowest BCUT2D eigenvalue weighted by molar-refractivity contribution is 0.418. The van der Waals surface area contributed by atoms with E-state index in [1.807, 2.05) is 0 Å². The molecule has 1 N–H and O–H groups in total. The smallest absolute Gasteiger partial charge is 0.0148 e. The quantitative estimate of drug-likeness (QED) is 0.754. The summed E-state index contributed by atoms with van der Waals surface area (Å²) < 4.78 is 0. The summed E-state index contributed by atoms with van der Waals surface area (Å²) in [6.45, 7) is 6.69. The van der Waals surface area contributed by atoms with Gasteiger partial charge in [0.25, 0.3) is 0 Å². The molecule has 1 aliphatic carbocycles. The highest BCUT2D eigenvalue weighted by Crippen LogP contribution is 2.41. The van der Waals surface area contributed by atoms with E-state index in [1.54, 1.807) is 0 Å². The second-order valence-electron chi connectivity index (χ2n) is 5.25. The summed E-state index contributed by atoms with van der Waals surface area (Å²) in [4.78, 5) is 0. The highest BCUT2D eigenvalue weighted by Gasteiger charge is 2.39. The first-order chi connectivity index (χ1) is 6.56. The molecule has 0 unspecified atom stereocenters.